The molecule has 1 aromatic rings. The molecule has 0 saturated carbocycles. The van der Waals surface area contributed by atoms with Crippen LogP contribution in [0.4, 0.5) is 19.2 Å². The number of hydrogen-bond donors (Lipinski definition) is 0. The van der Waals surface area contributed by atoms with Crippen molar-refractivity contribution in [1.82, 2.24) is 4.98 Å². The molecule has 15 heavy (non-hydrogen) atoms. The maximum absolute atomic E-state index is 12.4. The summed E-state index contributed by atoms with van der Waals surface area (Å²) in [4.78, 5) is 15.5. The van der Waals surface area contributed by atoms with Crippen LogP contribution in [-0.4, -0.2) is 19.1 Å². The van der Waals surface area contributed by atoms with Crippen molar-refractivity contribution in [3.63, 3.8) is 0 Å². The Labute approximate surface area is 83.3 Å². The van der Waals surface area contributed by atoms with Gasteiger partial charge in [0.1, 0.15) is 0 Å². The van der Waals surface area contributed by atoms with Crippen LogP contribution in [0.15, 0.2) is 9.21 Å². The van der Waals surface area contributed by atoms with Gasteiger partial charge in [-0.1, -0.05) is 0 Å². The summed E-state index contributed by atoms with van der Waals surface area (Å²) in [6, 6.07) is -0.363. The molecule has 1 heterocycles. The molecule has 0 fully saturated rings. The second-order valence-electron chi connectivity index (χ2n) is 3.15. The lowest BCUT2D eigenvalue weighted by molar-refractivity contribution is -0.142. The van der Waals surface area contributed by atoms with Crippen LogP contribution in [0.3, 0.4) is 0 Å². The number of halogens is 3. The second kappa shape index (κ2) is 3.56. The lowest BCUT2D eigenvalue weighted by atomic mass is 10.2. The van der Waals surface area contributed by atoms with Crippen molar-refractivity contribution >= 4 is 6.01 Å². The molecule has 0 N–H and O–H groups in total. The van der Waals surface area contributed by atoms with Gasteiger partial charge in [0.2, 0.25) is 0 Å². The smallest absolute Gasteiger partial charge is 0.389 e. The summed E-state index contributed by atoms with van der Waals surface area (Å²) in [7, 11) is 2.86. The minimum absolute atomic E-state index is 0.363. The van der Waals surface area contributed by atoms with E-state index in [4.69, 9.17) is 0 Å². The maximum Gasteiger partial charge on any atom is 0.434 e. The Morgan fingerprint density at radius 3 is 2.27 bits per heavy atom. The molecular formula is C8H9F3N2O2. The molecule has 0 bridgehead atoms. The highest BCUT2D eigenvalue weighted by Crippen LogP contribution is 2.29. The fourth-order valence-corrected chi connectivity index (χ4v) is 0.926. The van der Waals surface area contributed by atoms with E-state index < -0.39 is 23.1 Å². The van der Waals surface area contributed by atoms with Gasteiger partial charge >= 0.3 is 11.8 Å². The van der Waals surface area contributed by atoms with Crippen LogP contribution in [0.5, 0.6) is 0 Å². The molecule has 0 spiro atoms. The highest BCUT2D eigenvalue weighted by Gasteiger charge is 2.36. The molecule has 0 saturated heterocycles. The average molecular weight is 222 g/mol. The molecular weight excluding hydrogens is 213 g/mol. The molecule has 0 aliphatic heterocycles. The Morgan fingerprint density at radius 2 is 1.87 bits per heavy atom. The van der Waals surface area contributed by atoms with E-state index in [9.17, 15) is 18.0 Å². The predicted molar refractivity (Wildman–Crippen MR) is 46.8 cm³/mol. The predicted octanol–water partition coefficient (Wildman–Crippen LogP) is 1.43. The van der Waals surface area contributed by atoms with Gasteiger partial charge in [-0.3, -0.25) is 0 Å². The first-order valence-electron chi connectivity index (χ1n) is 3.99. The summed E-state index contributed by atoms with van der Waals surface area (Å²) in [5.74, 6) is 0. The van der Waals surface area contributed by atoms with E-state index >= 15 is 0 Å². The molecule has 84 valence electrons. The Hall–Kier alpha value is -1.53. The zero-order valence-corrected chi connectivity index (χ0v) is 8.34. The standard InChI is InChI=1S/C8H9F3N2O2/c1-4-5(8(9,10)11)12-7(13(2)3)15-6(4)14/h1-3H3. The van der Waals surface area contributed by atoms with Crippen molar-refractivity contribution in [3.05, 3.63) is 21.7 Å². The Balaban J connectivity index is 3.46. The van der Waals surface area contributed by atoms with Crippen LogP contribution >= 0.6 is 0 Å². The second-order valence-corrected chi connectivity index (χ2v) is 3.15. The van der Waals surface area contributed by atoms with E-state index in [1.807, 2.05) is 0 Å². The summed E-state index contributed by atoms with van der Waals surface area (Å²) < 4.78 is 41.8. The minimum atomic E-state index is -4.65. The van der Waals surface area contributed by atoms with Gasteiger partial charge in [-0.05, 0) is 6.92 Å². The topological polar surface area (TPSA) is 46.3 Å². The van der Waals surface area contributed by atoms with E-state index in [1.165, 1.54) is 19.0 Å². The van der Waals surface area contributed by atoms with Crippen LogP contribution in [0.25, 0.3) is 0 Å². The van der Waals surface area contributed by atoms with Crippen molar-refractivity contribution in [1.29, 1.82) is 0 Å². The number of aromatic nitrogens is 1. The van der Waals surface area contributed by atoms with Crippen LogP contribution in [-0.2, 0) is 6.18 Å². The normalized spacial score (nSPS) is 11.6. The SMILES string of the molecule is Cc1c(C(F)(F)F)nc(N(C)C)oc1=O. The number of rotatable bonds is 1. The van der Waals surface area contributed by atoms with Crippen molar-refractivity contribution in [2.24, 2.45) is 0 Å². The first kappa shape index (κ1) is 11.5. The molecule has 1 aromatic heterocycles. The molecule has 0 amide bonds. The number of alkyl halides is 3. The van der Waals surface area contributed by atoms with Gasteiger partial charge in [-0.25, -0.2) is 4.79 Å². The zero-order valence-electron chi connectivity index (χ0n) is 8.34. The molecule has 0 atom stereocenters. The molecule has 0 unspecified atom stereocenters. The summed E-state index contributed by atoms with van der Waals surface area (Å²) in [5.41, 5.74) is -2.77. The van der Waals surface area contributed by atoms with Gasteiger partial charge in [0, 0.05) is 14.1 Å². The number of hydrogen-bond acceptors (Lipinski definition) is 4. The van der Waals surface area contributed by atoms with E-state index in [-0.39, 0.29) is 6.01 Å². The molecule has 0 aromatic carbocycles. The molecule has 7 heteroatoms. The lowest BCUT2D eigenvalue weighted by Crippen LogP contribution is -2.22. The number of anilines is 1. The van der Waals surface area contributed by atoms with Gasteiger partial charge < -0.3 is 9.32 Å². The maximum atomic E-state index is 12.4. The van der Waals surface area contributed by atoms with Crippen molar-refractivity contribution in [2.45, 2.75) is 13.1 Å². The van der Waals surface area contributed by atoms with Crippen molar-refractivity contribution in [3.8, 4) is 0 Å². The fourth-order valence-electron chi connectivity index (χ4n) is 0.926. The van der Waals surface area contributed by atoms with Gasteiger partial charge in [-0.2, -0.15) is 18.2 Å². The molecule has 0 aliphatic carbocycles. The van der Waals surface area contributed by atoms with Crippen LogP contribution in [0.1, 0.15) is 11.3 Å². The minimum Gasteiger partial charge on any atom is -0.389 e. The van der Waals surface area contributed by atoms with Gasteiger partial charge in [0.15, 0.2) is 5.69 Å². The third kappa shape index (κ3) is 2.28. The van der Waals surface area contributed by atoms with E-state index in [1.54, 1.807) is 0 Å². The van der Waals surface area contributed by atoms with Crippen molar-refractivity contribution < 1.29 is 17.6 Å². The summed E-state index contributed by atoms with van der Waals surface area (Å²) in [6.45, 7) is 1.03. The summed E-state index contributed by atoms with van der Waals surface area (Å²) in [5, 5.41) is 0. The monoisotopic (exact) mass is 222 g/mol. The molecule has 0 aliphatic rings. The Kier molecular flexibility index (Phi) is 2.74. The molecule has 0 radical (unpaired) electrons. The largest absolute Gasteiger partial charge is 0.434 e. The van der Waals surface area contributed by atoms with Gasteiger partial charge in [0.05, 0.1) is 5.56 Å². The molecule has 1 rings (SSSR count). The van der Waals surface area contributed by atoms with Crippen LogP contribution < -0.4 is 10.5 Å². The third-order valence-corrected chi connectivity index (χ3v) is 1.70. The first-order valence-corrected chi connectivity index (χ1v) is 3.99. The zero-order chi connectivity index (χ0) is 11.8. The van der Waals surface area contributed by atoms with E-state index in [0.717, 1.165) is 6.92 Å². The highest BCUT2D eigenvalue weighted by molar-refractivity contribution is 5.28. The first-order chi connectivity index (χ1) is 6.73. The fraction of sp³-hybridized carbons (Fsp3) is 0.500. The van der Waals surface area contributed by atoms with Gasteiger partial charge in [0.25, 0.3) is 6.01 Å². The van der Waals surface area contributed by atoms with E-state index in [0.29, 0.717) is 0 Å². The summed E-state index contributed by atoms with van der Waals surface area (Å²) >= 11 is 0. The highest BCUT2D eigenvalue weighted by atomic mass is 19.4. The van der Waals surface area contributed by atoms with Crippen LogP contribution in [0.2, 0.25) is 0 Å². The van der Waals surface area contributed by atoms with Crippen LogP contribution in [0, 0.1) is 6.92 Å². The number of nitrogens with zero attached hydrogens (tertiary/aromatic N) is 2. The quantitative estimate of drug-likeness (QED) is 0.721. The third-order valence-electron chi connectivity index (χ3n) is 1.70. The van der Waals surface area contributed by atoms with Gasteiger partial charge in [-0.15, -0.1) is 0 Å². The summed E-state index contributed by atoms with van der Waals surface area (Å²) in [6.07, 6.45) is -4.65. The van der Waals surface area contributed by atoms with E-state index in [2.05, 4.69) is 9.40 Å². The Morgan fingerprint density at radius 1 is 1.33 bits per heavy atom. The molecule has 4 nitrogen and oxygen atoms in total. The van der Waals surface area contributed by atoms with Crippen molar-refractivity contribution in [2.75, 3.05) is 19.0 Å². The lowest BCUT2D eigenvalue weighted by Gasteiger charge is -2.12. The Bertz CT molecular complexity index is 423. The average Bonchev–Trinajstić information content (AvgIpc) is 2.06.